The van der Waals surface area contributed by atoms with Gasteiger partial charge in [0.2, 0.25) is 10.0 Å². The lowest BCUT2D eigenvalue weighted by Gasteiger charge is -2.33. The Labute approximate surface area is 161 Å². The first-order valence-electron chi connectivity index (χ1n) is 10.1. The number of rotatable bonds is 4. The van der Waals surface area contributed by atoms with E-state index in [1.165, 1.54) is 19.4 Å². The zero-order valence-electron chi connectivity index (χ0n) is 15.5. The molecule has 3 aliphatic rings. The van der Waals surface area contributed by atoms with E-state index < -0.39 is 10.0 Å². The quantitative estimate of drug-likeness (QED) is 0.820. The van der Waals surface area contributed by atoms with Crippen LogP contribution in [0.4, 0.5) is 0 Å². The highest BCUT2D eigenvalue weighted by atomic mass is 32.2. The molecule has 0 unspecified atom stereocenters. The van der Waals surface area contributed by atoms with Crippen LogP contribution >= 0.6 is 0 Å². The van der Waals surface area contributed by atoms with Crippen molar-refractivity contribution in [1.82, 2.24) is 4.31 Å². The molecule has 3 atom stereocenters. The minimum atomic E-state index is -3.40. The minimum Gasteiger partial charge on any atom is -0.332 e. The van der Waals surface area contributed by atoms with Crippen molar-refractivity contribution in [3.63, 3.8) is 0 Å². The summed E-state index contributed by atoms with van der Waals surface area (Å²) in [6.45, 7) is 4.30. The number of nitrogens with one attached hydrogen (secondary N) is 1. The zero-order chi connectivity index (χ0) is 18.4. The summed E-state index contributed by atoms with van der Waals surface area (Å²) >= 11 is 0. The highest BCUT2D eigenvalue weighted by molar-refractivity contribution is 7.89. The molecule has 27 heavy (non-hydrogen) atoms. The molecule has 5 rings (SSSR count). The fraction of sp³-hybridized carbons (Fsp3) is 0.455. The van der Waals surface area contributed by atoms with E-state index in [9.17, 15) is 8.42 Å². The third kappa shape index (κ3) is 3.22. The van der Waals surface area contributed by atoms with Gasteiger partial charge in [-0.2, -0.15) is 4.31 Å². The average molecular weight is 384 g/mol. The van der Waals surface area contributed by atoms with E-state index in [4.69, 9.17) is 0 Å². The summed E-state index contributed by atoms with van der Waals surface area (Å²) in [5, 5.41) is 2.05. The lowest BCUT2D eigenvalue weighted by atomic mass is 9.93. The maximum absolute atomic E-state index is 13.1. The first-order valence-corrected chi connectivity index (χ1v) is 11.5. The number of quaternary nitrogens is 1. The minimum absolute atomic E-state index is 0.419. The summed E-state index contributed by atoms with van der Waals surface area (Å²) in [6.07, 6.45) is 7.49. The predicted molar refractivity (Wildman–Crippen MR) is 107 cm³/mol. The van der Waals surface area contributed by atoms with Gasteiger partial charge < -0.3 is 4.90 Å². The van der Waals surface area contributed by atoms with Crippen LogP contribution in [0.2, 0.25) is 0 Å². The molecule has 2 aromatic rings. The molecule has 1 saturated heterocycles. The summed E-state index contributed by atoms with van der Waals surface area (Å²) in [6, 6.07) is 13.4. The molecule has 2 bridgehead atoms. The van der Waals surface area contributed by atoms with Crippen molar-refractivity contribution in [2.45, 2.75) is 17.7 Å². The average Bonchev–Trinajstić information content (AvgIpc) is 3.31. The zero-order valence-corrected chi connectivity index (χ0v) is 16.4. The summed E-state index contributed by atoms with van der Waals surface area (Å²) in [4.78, 5) is 1.99. The molecule has 142 valence electrons. The van der Waals surface area contributed by atoms with Gasteiger partial charge in [0.05, 0.1) is 37.6 Å². The molecule has 1 saturated carbocycles. The maximum atomic E-state index is 13.1. The SMILES string of the molecule is O=S(=O)(c1ccc2ccccc2c1)N1CC[NH+](C[C@@H]2C[C@@H]3C=C[C@H]2C3)CC1. The van der Waals surface area contributed by atoms with Crippen molar-refractivity contribution in [2.75, 3.05) is 32.7 Å². The number of nitrogens with zero attached hydrogens (tertiary/aromatic N) is 1. The largest absolute Gasteiger partial charge is 0.332 e. The van der Waals surface area contributed by atoms with Crippen LogP contribution in [0, 0.1) is 17.8 Å². The molecule has 1 N–H and O–H groups in total. The normalized spacial score (nSPS) is 29.0. The molecular weight excluding hydrogens is 356 g/mol. The van der Waals surface area contributed by atoms with Crippen molar-refractivity contribution in [1.29, 1.82) is 0 Å². The Balaban J connectivity index is 1.25. The van der Waals surface area contributed by atoms with Crippen LogP contribution < -0.4 is 4.90 Å². The van der Waals surface area contributed by atoms with E-state index in [0.717, 1.165) is 41.6 Å². The van der Waals surface area contributed by atoms with Gasteiger partial charge in [-0.25, -0.2) is 8.42 Å². The molecule has 2 aliphatic carbocycles. The molecule has 4 nitrogen and oxygen atoms in total. The summed E-state index contributed by atoms with van der Waals surface area (Å²) < 4.78 is 27.9. The van der Waals surface area contributed by atoms with Gasteiger partial charge in [0, 0.05) is 5.92 Å². The third-order valence-corrected chi connectivity index (χ3v) is 8.65. The molecule has 2 fully saturated rings. The monoisotopic (exact) mass is 383 g/mol. The lowest BCUT2D eigenvalue weighted by Crippen LogP contribution is -3.15. The summed E-state index contributed by atoms with van der Waals surface area (Å²) in [7, 11) is -3.40. The first-order chi connectivity index (χ1) is 13.1. The Kier molecular flexibility index (Phi) is 4.34. The molecule has 1 aliphatic heterocycles. The van der Waals surface area contributed by atoms with Crippen LogP contribution in [0.1, 0.15) is 12.8 Å². The number of sulfonamides is 1. The van der Waals surface area contributed by atoms with E-state index >= 15 is 0 Å². The third-order valence-electron chi connectivity index (χ3n) is 6.76. The van der Waals surface area contributed by atoms with Gasteiger partial charge in [-0.3, -0.25) is 0 Å². The van der Waals surface area contributed by atoms with Crippen LogP contribution in [0.5, 0.6) is 0 Å². The van der Waals surface area contributed by atoms with Gasteiger partial charge in [-0.1, -0.05) is 42.5 Å². The molecule has 2 aromatic carbocycles. The van der Waals surface area contributed by atoms with Gasteiger partial charge in [-0.05, 0) is 47.6 Å². The van der Waals surface area contributed by atoms with Crippen molar-refractivity contribution in [3.8, 4) is 0 Å². The number of hydrogen-bond donors (Lipinski definition) is 1. The standard InChI is InChI=1S/C22H26N2O2S/c25-27(26,22-8-7-18-3-1-2-4-19(18)15-22)24-11-9-23(10-12-24)16-21-14-17-5-6-20(21)13-17/h1-8,15,17,20-21H,9-14,16H2/p+1/t17-,20+,21+/m1/s1. The van der Waals surface area contributed by atoms with Crippen molar-refractivity contribution in [3.05, 3.63) is 54.6 Å². The van der Waals surface area contributed by atoms with Crippen LogP contribution in [-0.4, -0.2) is 45.4 Å². The second kappa shape index (κ2) is 6.73. The maximum Gasteiger partial charge on any atom is 0.243 e. The fourth-order valence-corrected chi connectivity index (χ4v) is 6.70. The Morgan fingerprint density at radius 2 is 1.74 bits per heavy atom. The molecule has 1 heterocycles. The van der Waals surface area contributed by atoms with Crippen molar-refractivity contribution >= 4 is 20.8 Å². The van der Waals surface area contributed by atoms with Gasteiger partial charge >= 0.3 is 0 Å². The fourth-order valence-electron chi connectivity index (χ4n) is 5.22. The predicted octanol–water partition coefficient (Wildman–Crippen LogP) is 1.94. The summed E-state index contributed by atoms with van der Waals surface area (Å²) in [5.41, 5.74) is 0. The molecule has 0 amide bonds. The highest BCUT2D eigenvalue weighted by Crippen LogP contribution is 2.42. The number of hydrogen-bond acceptors (Lipinski definition) is 2. The molecule has 0 radical (unpaired) electrons. The van der Waals surface area contributed by atoms with Crippen LogP contribution in [-0.2, 0) is 10.0 Å². The smallest absolute Gasteiger partial charge is 0.243 e. The van der Waals surface area contributed by atoms with E-state index in [1.807, 2.05) is 36.4 Å². The van der Waals surface area contributed by atoms with Gasteiger partial charge in [0.15, 0.2) is 0 Å². The Morgan fingerprint density at radius 3 is 2.44 bits per heavy atom. The Bertz CT molecular complexity index is 977. The summed E-state index contributed by atoms with van der Waals surface area (Å²) in [5.74, 6) is 2.40. The lowest BCUT2D eigenvalue weighted by molar-refractivity contribution is -0.907. The second-order valence-electron chi connectivity index (χ2n) is 8.41. The number of fused-ring (bicyclic) bond motifs is 3. The first kappa shape index (κ1) is 17.4. The Hall–Kier alpha value is -1.69. The van der Waals surface area contributed by atoms with E-state index in [2.05, 4.69) is 12.2 Å². The van der Waals surface area contributed by atoms with Crippen molar-refractivity contribution < 1.29 is 13.3 Å². The Morgan fingerprint density at radius 1 is 0.963 bits per heavy atom. The van der Waals surface area contributed by atoms with Crippen molar-refractivity contribution in [2.24, 2.45) is 17.8 Å². The van der Waals surface area contributed by atoms with E-state index in [1.54, 1.807) is 15.3 Å². The van der Waals surface area contributed by atoms with Crippen LogP contribution in [0.15, 0.2) is 59.5 Å². The molecule has 0 spiro atoms. The molecule has 0 aromatic heterocycles. The van der Waals surface area contributed by atoms with E-state index in [0.29, 0.717) is 18.0 Å². The highest BCUT2D eigenvalue weighted by Gasteiger charge is 2.39. The topological polar surface area (TPSA) is 41.8 Å². The van der Waals surface area contributed by atoms with Gasteiger partial charge in [-0.15, -0.1) is 0 Å². The van der Waals surface area contributed by atoms with Gasteiger partial charge in [0.1, 0.15) is 0 Å². The number of benzene rings is 2. The second-order valence-corrected chi connectivity index (χ2v) is 10.3. The number of allylic oxidation sites excluding steroid dienone is 2. The van der Waals surface area contributed by atoms with Crippen LogP contribution in [0.25, 0.3) is 10.8 Å². The van der Waals surface area contributed by atoms with Gasteiger partial charge in [0.25, 0.3) is 0 Å². The number of piperazine rings is 1. The van der Waals surface area contributed by atoms with E-state index in [-0.39, 0.29) is 0 Å². The van der Waals surface area contributed by atoms with Crippen LogP contribution in [0.3, 0.4) is 0 Å². The molecule has 5 heteroatoms. The molecular formula is C22H27N2O2S+.